The third-order valence-electron chi connectivity index (χ3n) is 12.6. The highest BCUT2D eigenvalue weighted by Crippen LogP contribution is 2.58. The average molecular weight is 788 g/mol. The fourth-order valence-corrected chi connectivity index (χ4v) is 9.96. The molecule has 3 aliphatic heterocycles. The van der Waals surface area contributed by atoms with E-state index < -0.39 is 80.0 Å². The van der Waals surface area contributed by atoms with Crippen molar-refractivity contribution in [1.29, 1.82) is 0 Å². The van der Waals surface area contributed by atoms with Gasteiger partial charge < -0.3 is 14.4 Å². The van der Waals surface area contributed by atoms with E-state index in [1.165, 1.54) is 4.90 Å². The van der Waals surface area contributed by atoms with Crippen LogP contribution in [0.15, 0.2) is 36.4 Å². The highest BCUT2D eigenvalue weighted by Gasteiger charge is 2.63. The largest absolute Gasteiger partial charge is 0.483 e. The maximum atomic E-state index is 14.7. The Morgan fingerprint density at radius 3 is 2.58 bits per heavy atom. The fraction of sp³-hybridized carbons (Fsp3) is 0.625. The van der Waals surface area contributed by atoms with E-state index in [4.69, 9.17) is 14.5 Å². The van der Waals surface area contributed by atoms with E-state index in [9.17, 15) is 40.8 Å². The van der Waals surface area contributed by atoms with Crippen LogP contribution in [-0.4, -0.2) is 77.1 Å². The number of halogens is 3. The van der Waals surface area contributed by atoms with Crippen LogP contribution in [0.4, 0.5) is 13.2 Å². The van der Waals surface area contributed by atoms with Crippen LogP contribution in [0.2, 0.25) is 0 Å². The maximum absolute atomic E-state index is 14.7. The number of alkyl halides is 3. The zero-order chi connectivity index (χ0) is 39.6. The summed E-state index contributed by atoms with van der Waals surface area (Å²) < 4.78 is 79.0. The first kappa shape index (κ1) is 39.2. The molecule has 3 fully saturated rings. The first-order valence-corrected chi connectivity index (χ1v) is 20.8. The molecule has 1 N–H and O–H groups in total. The topological polar surface area (TPSA) is 149 Å². The van der Waals surface area contributed by atoms with Gasteiger partial charge in [-0.15, -0.1) is 0 Å². The van der Waals surface area contributed by atoms with Gasteiger partial charge in [0.2, 0.25) is 21.8 Å². The van der Waals surface area contributed by atoms with E-state index in [2.05, 4.69) is 4.72 Å². The second-order valence-corrected chi connectivity index (χ2v) is 18.8. The van der Waals surface area contributed by atoms with Gasteiger partial charge >= 0.3 is 12.1 Å². The number of allylic oxidation sites excluding steroid dienone is 2. The molecule has 4 heterocycles. The number of esters is 1. The van der Waals surface area contributed by atoms with E-state index in [0.717, 1.165) is 23.4 Å². The molecule has 0 radical (unpaired) electrons. The van der Waals surface area contributed by atoms with Gasteiger partial charge in [-0.1, -0.05) is 43.2 Å². The third kappa shape index (κ3) is 7.61. The Bertz CT molecular complexity index is 2050. The number of nitrogens with one attached hydrogen (secondary N) is 1. The monoisotopic (exact) mass is 787 g/mol. The summed E-state index contributed by atoms with van der Waals surface area (Å²) in [6.07, 6.45) is 0.548. The highest BCUT2D eigenvalue weighted by molar-refractivity contribution is 7.91. The van der Waals surface area contributed by atoms with Crippen LogP contribution in [0.5, 0.6) is 5.75 Å². The SMILES string of the molecule is Cc1nc2ccccc2c2c1O[C@]1(CC2)C[C@H]2C(=O)C[C@]3(C(=O)NS(=O)(=O)C4(C)CC4)C[C@H]3/C=C\CCCCC[C@H](CC(=O)OC(C)C(F)(F)F)C(=O)N2C1. The molecule has 5 aliphatic rings. The first-order chi connectivity index (χ1) is 25.9. The summed E-state index contributed by atoms with van der Waals surface area (Å²) >= 11 is 0. The van der Waals surface area contributed by atoms with Crippen molar-refractivity contribution in [3.05, 3.63) is 47.7 Å². The molecule has 11 nitrogen and oxygen atoms in total. The number of ketones is 1. The molecule has 298 valence electrons. The first-order valence-electron chi connectivity index (χ1n) is 19.3. The Hall–Kier alpha value is -4.01. The number of nitrogens with zero attached hydrogens (tertiary/aromatic N) is 2. The van der Waals surface area contributed by atoms with Gasteiger partial charge in [-0.3, -0.25) is 23.9 Å². The number of carbonyl (C=O) groups excluding carboxylic acids is 4. The second kappa shape index (κ2) is 14.2. The molecule has 2 amide bonds. The number of amides is 2. The summed E-state index contributed by atoms with van der Waals surface area (Å²) in [5.74, 6) is -3.82. The van der Waals surface area contributed by atoms with Gasteiger partial charge in [-0.05, 0) is 84.1 Å². The molecule has 2 saturated carbocycles. The molecular weight excluding hydrogens is 740 g/mol. The zero-order valence-corrected chi connectivity index (χ0v) is 32.2. The van der Waals surface area contributed by atoms with Gasteiger partial charge in [0, 0.05) is 29.7 Å². The van der Waals surface area contributed by atoms with Crippen LogP contribution in [0.25, 0.3) is 10.9 Å². The Morgan fingerprint density at radius 2 is 1.85 bits per heavy atom. The molecule has 1 spiro atoms. The van der Waals surface area contributed by atoms with Crippen molar-refractivity contribution in [3.63, 3.8) is 0 Å². The van der Waals surface area contributed by atoms with Crippen LogP contribution >= 0.6 is 0 Å². The third-order valence-corrected chi connectivity index (χ3v) is 14.7. The highest BCUT2D eigenvalue weighted by atomic mass is 32.2. The number of ether oxygens (including phenoxy) is 2. The summed E-state index contributed by atoms with van der Waals surface area (Å²) in [7, 11) is -4.00. The molecule has 0 bridgehead atoms. The smallest absolute Gasteiger partial charge is 0.425 e. The summed E-state index contributed by atoms with van der Waals surface area (Å²) in [6, 6.07) is 6.59. The molecule has 2 aromatic rings. The van der Waals surface area contributed by atoms with Gasteiger partial charge in [0.1, 0.15) is 11.4 Å². The lowest BCUT2D eigenvalue weighted by molar-refractivity contribution is -0.216. The Kier molecular flexibility index (Phi) is 10.1. The van der Waals surface area contributed by atoms with Crippen molar-refractivity contribution >= 4 is 44.5 Å². The van der Waals surface area contributed by atoms with Crippen LogP contribution in [0, 0.1) is 24.2 Å². The van der Waals surface area contributed by atoms with Crippen molar-refractivity contribution in [1.82, 2.24) is 14.6 Å². The number of Topliss-reactive ketones (excluding diaryl/α,β-unsaturated/α-hetero) is 1. The number of hydrogen-bond acceptors (Lipinski definition) is 9. The fourth-order valence-electron chi connectivity index (χ4n) is 8.63. The number of pyridine rings is 1. The summed E-state index contributed by atoms with van der Waals surface area (Å²) in [4.78, 5) is 62.3. The molecule has 2 aliphatic carbocycles. The minimum absolute atomic E-state index is 0.0340. The van der Waals surface area contributed by atoms with Crippen LogP contribution in [0.1, 0.15) is 102 Å². The Balaban J connectivity index is 1.22. The van der Waals surface area contributed by atoms with Crippen LogP contribution in [-0.2, 0) is 40.4 Å². The molecule has 15 heteroatoms. The number of sulfonamides is 1. The van der Waals surface area contributed by atoms with E-state index in [-0.39, 0.29) is 38.1 Å². The molecule has 55 heavy (non-hydrogen) atoms. The van der Waals surface area contributed by atoms with Crippen LogP contribution < -0.4 is 9.46 Å². The van der Waals surface area contributed by atoms with E-state index in [0.29, 0.717) is 62.8 Å². The molecular formula is C40H48F3N3O8S. The van der Waals surface area contributed by atoms with Crippen molar-refractivity contribution in [2.45, 2.75) is 133 Å². The second-order valence-electron chi connectivity index (χ2n) is 16.6. The predicted molar refractivity (Wildman–Crippen MR) is 195 cm³/mol. The quantitative estimate of drug-likeness (QED) is 0.267. The molecule has 1 aromatic heterocycles. The van der Waals surface area contributed by atoms with Gasteiger partial charge in [-0.25, -0.2) is 13.4 Å². The number of rotatable bonds is 6. The number of carbonyl (C=O) groups is 4. The van der Waals surface area contributed by atoms with E-state index >= 15 is 0 Å². The van der Waals surface area contributed by atoms with Gasteiger partial charge in [-0.2, -0.15) is 13.2 Å². The molecule has 1 aromatic carbocycles. The predicted octanol–water partition coefficient (Wildman–Crippen LogP) is 6.19. The number of hydrogen-bond donors (Lipinski definition) is 1. The standard InChI is InChI=1S/C40H48F3N3O8S/c1-24-34-29(28-13-9-10-14-30(28)44-24)15-16-38(54-34)21-31-32(47)22-39(36(50)45-55(51,52)37(3)17-18-37)20-27(39)12-8-6-4-5-7-11-26(35(49)46(31)23-38)19-33(48)53-25(2)40(41,42)43/h8-10,12-14,25-27,31H,4-7,11,15-23H2,1-3H3,(H,45,50)/b12-8-/t25?,26-,27-,31+,38-,39-/m1/s1. The van der Waals surface area contributed by atoms with Crippen molar-refractivity contribution in [3.8, 4) is 5.75 Å². The van der Waals surface area contributed by atoms with Crippen molar-refractivity contribution in [2.24, 2.45) is 17.3 Å². The average Bonchev–Trinajstić information content (AvgIpc) is 4.01. The normalized spacial score (nSPS) is 30.5. The van der Waals surface area contributed by atoms with E-state index in [1.807, 2.05) is 43.3 Å². The number of aromatic nitrogens is 1. The summed E-state index contributed by atoms with van der Waals surface area (Å²) in [6.45, 7) is 4.10. The minimum Gasteiger partial charge on any atom is -0.483 e. The molecule has 7 rings (SSSR count). The Morgan fingerprint density at radius 1 is 1.11 bits per heavy atom. The molecule has 1 saturated heterocycles. The van der Waals surface area contributed by atoms with Crippen molar-refractivity contribution in [2.75, 3.05) is 6.54 Å². The number of fused-ring (bicyclic) bond motifs is 5. The number of aryl methyl sites for hydroxylation is 2. The Labute approximate surface area is 318 Å². The van der Waals surface area contributed by atoms with Crippen LogP contribution in [0.3, 0.4) is 0 Å². The van der Waals surface area contributed by atoms with Gasteiger partial charge in [0.05, 0.1) is 40.4 Å². The minimum atomic E-state index is -4.78. The summed E-state index contributed by atoms with van der Waals surface area (Å²) in [5, 5.41) is 0.931. The number of benzene rings is 1. The van der Waals surface area contributed by atoms with Crippen molar-refractivity contribution < 1.29 is 50.2 Å². The lowest BCUT2D eigenvalue weighted by Crippen LogP contribution is -2.48. The molecule has 1 unspecified atom stereocenters. The van der Waals surface area contributed by atoms with Gasteiger partial charge in [0.15, 0.2) is 11.9 Å². The number of para-hydroxylation sites is 1. The van der Waals surface area contributed by atoms with E-state index in [1.54, 1.807) is 6.92 Å². The lowest BCUT2D eigenvalue weighted by Gasteiger charge is -2.36. The van der Waals surface area contributed by atoms with Gasteiger partial charge in [0.25, 0.3) is 0 Å². The maximum Gasteiger partial charge on any atom is 0.425 e. The summed E-state index contributed by atoms with van der Waals surface area (Å²) in [5.41, 5.74) is 0.0349. The molecule has 6 atom stereocenters. The lowest BCUT2D eigenvalue weighted by atomic mass is 9.85. The zero-order valence-electron chi connectivity index (χ0n) is 31.4.